The average molecular weight is 313 g/mol. The van der Waals surface area contributed by atoms with Crippen LogP contribution in [0.5, 0.6) is 11.5 Å². The second-order valence-electron chi connectivity index (χ2n) is 6.04. The minimum Gasteiger partial charge on any atom is -0.497 e. The fraction of sp³-hybridized carbons (Fsp3) is 0.625. The number of nitrogens with two attached hydrogens (primary N) is 1. The molecule has 0 spiro atoms. The maximum Gasteiger partial charge on any atom is 0.127 e. The normalized spacial score (nSPS) is 28.0. The summed E-state index contributed by atoms with van der Waals surface area (Å²) in [5, 5.41) is 0. The lowest BCUT2D eigenvalue weighted by molar-refractivity contribution is 0.291. The number of fused-ring (bicyclic) bond motifs is 1. The first-order valence-corrected chi connectivity index (χ1v) is 7.40. The molecule has 1 aromatic carbocycles. The fourth-order valence-corrected chi connectivity index (χ4v) is 3.75. The van der Waals surface area contributed by atoms with Crippen molar-refractivity contribution < 1.29 is 9.47 Å². The monoisotopic (exact) mass is 312 g/mol. The molecule has 1 saturated heterocycles. The number of ether oxygens (including phenoxy) is 2. The SMILES string of the molecule is COc1ccc(CN2CC3CCC(N)C3C2)c(OC)c1.Cl. The van der Waals surface area contributed by atoms with Crippen LogP contribution in [0.3, 0.4) is 0 Å². The molecule has 5 heteroatoms. The molecule has 4 nitrogen and oxygen atoms in total. The first kappa shape index (κ1) is 16.4. The molecule has 2 fully saturated rings. The highest BCUT2D eigenvalue weighted by atomic mass is 35.5. The number of nitrogens with zero attached hydrogens (tertiary/aromatic N) is 1. The Hall–Kier alpha value is -0.970. The molecule has 2 aliphatic rings. The maximum absolute atomic E-state index is 6.20. The third-order valence-corrected chi connectivity index (χ3v) is 4.88. The van der Waals surface area contributed by atoms with E-state index in [0.29, 0.717) is 12.0 Å². The third kappa shape index (κ3) is 3.28. The zero-order valence-corrected chi connectivity index (χ0v) is 13.6. The van der Waals surface area contributed by atoms with E-state index < -0.39 is 0 Å². The third-order valence-electron chi connectivity index (χ3n) is 4.88. The van der Waals surface area contributed by atoms with Gasteiger partial charge in [0.15, 0.2) is 0 Å². The number of benzene rings is 1. The first-order chi connectivity index (χ1) is 9.71. The van der Waals surface area contributed by atoms with Crippen LogP contribution in [0.25, 0.3) is 0 Å². The van der Waals surface area contributed by atoms with Gasteiger partial charge in [-0.15, -0.1) is 12.4 Å². The van der Waals surface area contributed by atoms with Gasteiger partial charge in [-0.1, -0.05) is 6.07 Å². The summed E-state index contributed by atoms with van der Waals surface area (Å²) in [7, 11) is 3.39. The fourth-order valence-electron chi connectivity index (χ4n) is 3.75. The van der Waals surface area contributed by atoms with Crippen molar-refractivity contribution in [3.63, 3.8) is 0 Å². The summed E-state index contributed by atoms with van der Waals surface area (Å²) in [6, 6.07) is 6.47. The van der Waals surface area contributed by atoms with Gasteiger partial charge in [-0.3, -0.25) is 4.90 Å². The summed E-state index contributed by atoms with van der Waals surface area (Å²) in [6.45, 7) is 3.24. The Labute approximate surface area is 133 Å². The van der Waals surface area contributed by atoms with Gasteiger partial charge < -0.3 is 15.2 Å². The van der Waals surface area contributed by atoms with Gasteiger partial charge in [0.05, 0.1) is 14.2 Å². The smallest absolute Gasteiger partial charge is 0.127 e. The number of halogens is 1. The van der Waals surface area contributed by atoms with Crippen molar-refractivity contribution in [3.8, 4) is 11.5 Å². The van der Waals surface area contributed by atoms with Gasteiger partial charge in [0.1, 0.15) is 11.5 Å². The van der Waals surface area contributed by atoms with Gasteiger partial charge in [-0.25, -0.2) is 0 Å². The highest BCUT2D eigenvalue weighted by Crippen LogP contribution is 2.38. The van der Waals surface area contributed by atoms with Crippen LogP contribution < -0.4 is 15.2 Å². The van der Waals surface area contributed by atoms with E-state index in [1.54, 1.807) is 14.2 Å². The zero-order valence-electron chi connectivity index (χ0n) is 12.7. The number of hydrogen-bond donors (Lipinski definition) is 1. The molecule has 1 aliphatic carbocycles. The molecular weight excluding hydrogens is 288 g/mol. The van der Waals surface area contributed by atoms with E-state index in [9.17, 15) is 0 Å². The number of rotatable bonds is 4. The summed E-state index contributed by atoms with van der Waals surface area (Å²) >= 11 is 0. The molecule has 0 amide bonds. The lowest BCUT2D eigenvalue weighted by Gasteiger charge is -2.20. The van der Waals surface area contributed by atoms with Crippen LogP contribution in [0.4, 0.5) is 0 Å². The Morgan fingerprint density at radius 2 is 2.00 bits per heavy atom. The molecule has 1 saturated carbocycles. The van der Waals surface area contributed by atoms with Gasteiger partial charge in [0, 0.05) is 37.3 Å². The number of methoxy groups -OCH3 is 2. The van der Waals surface area contributed by atoms with Crippen molar-refractivity contribution >= 4 is 12.4 Å². The van der Waals surface area contributed by atoms with Gasteiger partial charge in [-0.05, 0) is 30.7 Å². The van der Waals surface area contributed by atoms with Crippen molar-refractivity contribution in [2.24, 2.45) is 17.6 Å². The predicted molar refractivity (Wildman–Crippen MR) is 86.3 cm³/mol. The maximum atomic E-state index is 6.20. The van der Waals surface area contributed by atoms with Crippen LogP contribution in [0.2, 0.25) is 0 Å². The van der Waals surface area contributed by atoms with Crippen LogP contribution in [0, 0.1) is 11.8 Å². The summed E-state index contributed by atoms with van der Waals surface area (Å²) in [6.07, 6.45) is 2.50. The van der Waals surface area contributed by atoms with Gasteiger partial charge in [-0.2, -0.15) is 0 Å². The minimum absolute atomic E-state index is 0. The number of likely N-dealkylation sites (tertiary alicyclic amines) is 1. The van der Waals surface area contributed by atoms with Crippen molar-refractivity contribution in [1.82, 2.24) is 4.90 Å². The molecule has 0 radical (unpaired) electrons. The van der Waals surface area contributed by atoms with Crippen LogP contribution in [0.1, 0.15) is 18.4 Å². The molecule has 3 unspecified atom stereocenters. The molecular formula is C16H25ClN2O2. The molecule has 3 rings (SSSR count). The quantitative estimate of drug-likeness (QED) is 0.926. The zero-order chi connectivity index (χ0) is 14.1. The predicted octanol–water partition coefficient (Wildman–Crippen LogP) is 2.29. The minimum atomic E-state index is 0. The largest absolute Gasteiger partial charge is 0.497 e. The summed E-state index contributed by atoms with van der Waals surface area (Å²) in [5.41, 5.74) is 7.43. The van der Waals surface area contributed by atoms with Gasteiger partial charge >= 0.3 is 0 Å². The van der Waals surface area contributed by atoms with Crippen molar-refractivity contribution in [2.45, 2.75) is 25.4 Å². The topological polar surface area (TPSA) is 47.7 Å². The molecule has 1 aliphatic heterocycles. The van der Waals surface area contributed by atoms with Crippen LogP contribution in [0.15, 0.2) is 18.2 Å². The highest BCUT2D eigenvalue weighted by Gasteiger charge is 2.40. The lowest BCUT2D eigenvalue weighted by atomic mass is 9.98. The Bertz CT molecular complexity index is 483. The molecule has 1 heterocycles. The molecule has 1 aromatic rings. The highest BCUT2D eigenvalue weighted by molar-refractivity contribution is 5.85. The van der Waals surface area contributed by atoms with Crippen molar-refractivity contribution in [1.29, 1.82) is 0 Å². The van der Waals surface area contributed by atoms with E-state index in [1.165, 1.54) is 24.9 Å². The molecule has 0 bridgehead atoms. The summed E-state index contributed by atoms with van der Waals surface area (Å²) in [5.74, 6) is 3.24. The lowest BCUT2D eigenvalue weighted by Crippen LogP contribution is -2.30. The summed E-state index contributed by atoms with van der Waals surface area (Å²) in [4.78, 5) is 2.51. The van der Waals surface area contributed by atoms with E-state index in [4.69, 9.17) is 15.2 Å². The van der Waals surface area contributed by atoms with Gasteiger partial charge in [0.25, 0.3) is 0 Å². The molecule has 118 valence electrons. The standard InChI is InChI=1S/C16H24N2O2.ClH/c1-19-13-5-3-12(16(7-13)20-2)9-18-8-11-4-6-15(17)14(11)10-18;/h3,5,7,11,14-15H,4,6,8-10,17H2,1-2H3;1H. The van der Waals surface area contributed by atoms with E-state index in [1.807, 2.05) is 12.1 Å². The first-order valence-electron chi connectivity index (χ1n) is 7.40. The average Bonchev–Trinajstić information content (AvgIpc) is 3.01. The van der Waals surface area contributed by atoms with Crippen LogP contribution in [-0.4, -0.2) is 38.3 Å². The number of hydrogen-bond acceptors (Lipinski definition) is 4. The second-order valence-corrected chi connectivity index (χ2v) is 6.04. The summed E-state index contributed by atoms with van der Waals surface area (Å²) < 4.78 is 10.7. The van der Waals surface area contributed by atoms with E-state index >= 15 is 0 Å². The van der Waals surface area contributed by atoms with Crippen molar-refractivity contribution in [3.05, 3.63) is 23.8 Å². The van der Waals surface area contributed by atoms with E-state index in [2.05, 4.69) is 11.0 Å². The Morgan fingerprint density at radius 3 is 2.67 bits per heavy atom. The van der Waals surface area contributed by atoms with Crippen LogP contribution >= 0.6 is 12.4 Å². The Kier molecular flexibility index (Phi) is 5.36. The second kappa shape index (κ2) is 6.86. The Balaban J connectivity index is 0.00000161. The Morgan fingerprint density at radius 1 is 1.19 bits per heavy atom. The molecule has 21 heavy (non-hydrogen) atoms. The van der Waals surface area contributed by atoms with Crippen molar-refractivity contribution in [2.75, 3.05) is 27.3 Å². The van der Waals surface area contributed by atoms with E-state index in [0.717, 1.165) is 30.5 Å². The van der Waals surface area contributed by atoms with Gasteiger partial charge in [0.2, 0.25) is 0 Å². The molecule has 3 atom stereocenters. The van der Waals surface area contributed by atoms with E-state index in [-0.39, 0.29) is 12.4 Å². The van der Waals surface area contributed by atoms with Crippen LogP contribution in [-0.2, 0) is 6.54 Å². The molecule has 0 aromatic heterocycles. The molecule has 2 N–H and O–H groups in total.